The van der Waals surface area contributed by atoms with Gasteiger partial charge in [0.15, 0.2) is 5.65 Å². The third-order valence-corrected chi connectivity index (χ3v) is 8.06. The Morgan fingerprint density at radius 3 is 2.61 bits per heavy atom. The Labute approximate surface area is 242 Å². The maximum Gasteiger partial charge on any atom is 0.355 e. The van der Waals surface area contributed by atoms with Crippen LogP contribution in [0.3, 0.4) is 0 Å². The van der Waals surface area contributed by atoms with Crippen molar-refractivity contribution in [2.45, 2.75) is 45.7 Å². The molecule has 2 saturated heterocycles. The zero-order valence-electron chi connectivity index (χ0n) is 23.4. The highest BCUT2D eigenvalue weighted by atomic mass is 35.5. The summed E-state index contributed by atoms with van der Waals surface area (Å²) in [6.45, 7) is 10.1. The second kappa shape index (κ2) is 10.5. The number of benzene rings is 1. The monoisotopic (exact) mass is 575 g/mol. The van der Waals surface area contributed by atoms with Gasteiger partial charge in [-0.2, -0.15) is 4.98 Å². The fraction of sp³-hybridized carbons (Fsp3) is 0.367. The number of amides is 1. The Kier molecular flexibility index (Phi) is 6.99. The SMILES string of the molecule is Cc1ccnc(C(C)C)c1-n1c(=O)nc(N2CCN(C(=O)C3CN3)CC2C)c2cc(Cl)c(-c3ccccc3F)nc21. The van der Waals surface area contributed by atoms with Gasteiger partial charge in [0.1, 0.15) is 11.6 Å². The summed E-state index contributed by atoms with van der Waals surface area (Å²) in [6.07, 6.45) is 1.72. The molecule has 0 spiro atoms. The van der Waals surface area contributed by atoms with E-state index in [2.05, 4.69) is 15.3 Å². The van der Waals surface area contributed by atoms with Gasteiger partial charge in [0, 0.05) is 44.0 Å². The molecule has 41 heavy (non-hydrogen) atoms. The number of nitrogens with one attached hydrogen (secondary N) is 1. The van der Waals surface area contributed by atoms with Gasteiger partial charge < -0.3 is 15.1 Å². The van der Waals surface area contributed by atoms with Crippen LogP contribution in [0.5, 0.6) is 0 Å². The molecule has 2 fully saturated rings. The largest absolute Gasteiger partial charge is 0.355 e. The smallest absolute Gasteiger partial charge is 0.350 e. The van der Waals surface area contributed by atoms with Crippen molar-refractivity contribution in [3.63, 3.8) is 0 Å². The maximum atomic E-state index is 14.9. The normalized spacial score (nSPS) is 18.8. The minimum Gasteiger partial charge on any atom is -0.350 e. The van der Waals surface area contributed by atoms with Crippen molar-refractivity contribution < 1.29 is 9.18 Å². The molecule has 5 heterocycles. The Hall–Kier alpha value is -3.89. The first-order valence-corrected chi connectivity index (χ1v) is 14.2. The second-order valence-electron chi connectivity index (χ2n) is 11.0. The first-order chi connectivity index (χ1) is 19.7. The molecular weight excluding hydrogens is 545 g/mol. The highest BCUT2D eigenvalue weighted by molar-refractivity contribution is 6.33. The molecule has 212 valence electrons. The van der Waals surface area contributed by atoms with Gasteiger partial charge in [-0.05, 0) is 49.6 Å². The van der Waals surface area contributed by atoms with E-state index in [-0.39, 0.29) is 40.2 Å². The second-order valence-corrected chi connectivity index (χ2v) is 11.4. The van der Waals surface area contributed by atoms with Crippen LogP contribution in [0.1, 0.15) is 37.9 Å². The van der Waals surface area contributed by atoms with Crippen molar-refractivity contribution in [3.8, 4) is 16.9 Å². The van der Waals surface area contributed by atoms with Crippen LogP contribution < -0.4 is 15.9 Å². The number of hydrogen-bond acceptors (Lipinski definition) is 7. The predicted molar refractivity (Wildman–Crippen MR) is 157 cm³/mol. The van der Waals surface area contributed by atoms with Crippen LogP contribution in [0.4, 0.5) is 10.2 Å². The van der Waals surface area contributed by atoms with Gasteiger partial charge in [-0.1, -0.05) is 37.6 Å². The zero-order valence-corrected chi connectivity index (χ0v) is 24.1. The van der Waals surface area contributed by atoms with E-state index in [1.807, 2.05) is 43.6 Å². The molecule has 0 bridgehead atoms. The highest BCUT2D eigenvalue weighted by Crippen LogP contribution is 2.36. The summed E-state index contributed by atoms with van der Waals surface area (Å²) in [4.78, 5) is 44.6. The molecule has 0 aliphatic carbocycles. The number of rotatable bonds is 5. The van der Waals surface area contributed by atoms with E-state index in [0.717, 1.165) is 11.3 Å². The summed E-state index contributed by atoms with van der Waals surface area (Å²) < 4.78 is 16.4. The van der Waals surface area contributed by atoms with Gasteiger partial charge in [0.25, 0.3) is 0 Å². The summed E-state index contributed by atoms with van der Waals surface area (Å²) in [5.41, 5.74) is 2.42. The van der Waals surface area contributed by atoms with Crippen molar-refractivity contribution in [2.75, 3.05) is 31.1 Å². The summed E-state index contributed by atoms with van der Waals surface area (Å²) in [7, 11) is 0. The molecule has 2 aliphatic rings. The number of hydrogen-bond donors (Lipinski definition) is 1. The number of nitrogens with zero attached hydrogens (tertiary/aromatic N) is 6. The van der Waals surface area contributed by atoms with Crippen LogP contribution >= 0.6 is 11.6 Å². The minimum atomic E-state index is -0.521. The van der Waals surface area contributed by atoms with Gasteiger partial charge in [-0.25, -0.2) is 18.7 Å². The van der Waals surface area contributed by atoms with Crippen molar-refractivity contribution in [2.24, 2.45) is 0 Å². The lowest BCUT2D eigenvalue weighted by molar-refractivity contribution is -0.131. The standard InChI is InChI=1S/C30H31ClFN7O2/c1-16(2)24-26(17(3)9-10-33-24)39-28-20(13-21(31)25(35-28)19-7-5-6-8-22(19)32)27(36-30(39)41)38-12-11-37(15-18(38)4)29(40)23-14-34-23/h5-10,13,16,18,23,34H,11-12,14-15H2,1-4H3. The number of piperazine rings is 1. The van der Waals surface area contributed by atoms with Crippen molar-refractivity contribution >= 4 is 34.4 Å². The van der Waals surface area contributed by atoms with E-state index in [4.69, 9.17) is 16.6 Å². The summed E-state index contributed by atoms with van der Waals surface area (Å²) in [6, 6.07) is 9.62. The van der Waals surface area contributed by atoms with Crippen LogP contribution in [-0.2, 0) is 4.79 Å². The van der Waals surface area contributed by atoms with E-state index in [1.165, 1.54) is 10.6 Å². The molecule has 2 aliphatic heterocycles. The number of aromatic nitrogens is 4. The molecular formula is C30H31ClFN7O2. The van der Waals surface area contributed by atoms with Crippen LogP contribution in [-0.4, -0.2) is 68.6 Å². The quantitative estimate of drug-likeness (QED) is 0.357. The minimum absolute atomic E-state index is 0.0106. The summed E-state index contributed by atoms with van der Waals surface area (Å²) in [5, 5.41) is 3.87. The van der Waals surface area contributed by atoms with E-state index in [0.29, 0.717) is 48.7 Å². The van der Waals surface area contributed by atoms with E-state index in [1.54, 1.807) is 30.5 Å². The number of anilines is 1. The Morgan fingerprint density at radius 2 is 1.93 bits per heavy atom. The van der Waals surface area contributed by atoms with E-state index in [9.17, 15) is 14.0 Å². The zero-order chi connectivity index (χ0) is 29.0. The number of aryl methyl sites for hydroxylation is 1. The molecule has 3 aromatic heterocycles. The molecule has 6 rings (SSSR count). The molecule has 1 N–H and O–H groups in total. The third-order valence-electron chi connectivity index (χ3n) is 7.77. The molecule has 11 heteroatoms. The maximum absolute atomic E-state index is 14.9. The lowest BCUT2D eigenvalue weighted by atomic mass is 10.0. The van der Waals surface area contributed by atoms with Gasteiger partial charge in [-0.3, -0.25) is 9.78 Å². The Bertz CT molecular complexity index is 1740. The van der Waals surface area contributed by atoms with Crippen LogP contribution in [0, 0.1) is 12.7 Å². The lowest BCUT2D eigenvalue weighted by Gasteiger charge is -2.41. The summed E-state index contributed by atoms with van der Waals surface area (Å²) >= 11 is 6.78. The highest BCUT2D eigenvalue weighted by Gasteiger charge is 2.37. The Balaban J connectivity index is 1.58. The first-order valence-electron chi connectivity index (χ1n) is 13.8. The molecule has 1 aromatic carbocycles. The van der Waals surface area contributed by atoms with Gasteiger partial charge in [0.2, 0.25) is 5.91 Å². The number of pyridine rings is 2. The van der Waals surface area contributed by atoms with Gasteiger partial charge in [-0.15, -0.1) is 0 Å². The number of carbonyl (C=O) groups is 1. The fourth-order valence-corrected chi connectivity index (χ4v) is 5.83. The predicted octanol–water partition coefficient (Wildman–Crippen LogP) is 4.08. The van der Waals surface area contributed by atoms with Crippen molar-refractivity contribution in [3.05, 3.63) is 75.2 Å². The molecule has 0 saturated carbocycles. The average Bonchev–Trinajstić information content (AvgIpc) is 3.79. The van der Waals surface area contributed by atoms with E-state index >= 15 is 0 Å². The fourth-order valence-electron chi connectivity index (χ4n) is 5.58. The first kappa shape index (κ1) is 27.3. The van der Waals surface area contributed by atoms with Gasteiger partial charge >= 0.3 is 5.69 Å². The van der Waals surface area contributed by atoms with Crippen LogP contribution in [0.15, 0.2) is 47.4 Å². The molecule has 0 radical (unpaired) electrons. The molecule has 1 amide bonds. The average molecular weight is 576 g/mol. The number of fused-ring (bicyclic) bond motifs is 1. The molecule has 2 atom stereocenters. The summed E-state index contributed by atoms with van der Waals surface area (Å²) in [5.74, 6) is 0.0747. The topological polar surface area (TPSA) is 106 Å². The molecule has 9 nitrogen and oxygen atoms in total. The van der Waals surface area contributed by atoms with Gasteiger partial charge in [0.05, 0.1) is 33.5 Å². The van der Waals surface area contributed by atoms with Crippen LogP contribution in [0.2, 0.25) is 5.02 Å². The van der Waals surface area contributed by atoms with Crippen molar-refractivity contribution in [1.82, 2.24) is 29.7 Å². The van der Waals surface area contributed by atoms with E-state index < -0.39 is 11.5 Å². The lowest BCUT2D eigenvalue weighted by Crippen LogP contribution is -2.55. The molecule has 2 unspecified atom stereocenters. The Morgan fingerprint density at radius 1 is 1.17 bits per heavy atom. The van der Waals surface area contributed by atoms with Crippen molar-refractivity contribution in [1.29, 1.82) is 0 Å². The molecule has 4 aromatic rings. The van der Waals surface area contributed by atoms with Crippen LogP contribution in [0.25, 0.3) is 28.0 Å². The third kappa shape index (κ3) is 4.85. The number of halogens is 2. The number of carbonyl (C=O) groups excluding carboxylic acids is 1.